The number of hydrogen-bond donors (Lipinski definition) is 1. The van der Waals surface area contributed by atoms with Crippen LogP contribution in [0.1, 0.15) is 38.6 Å². The molecule has 0 unspecified atom stereocenters. The van der Waals surface area contributed by atoms with E-state index in [-0.39, 0.29) is 18.9 Å². The highest BCUT2D eigenvalue weighted by atomic mass is 35.5. The quantitative estimate of drug-likeness (QED) is 0.204. The minimum Gasteiger partial charge on any atom is -0.487 e. The normalized spacial score (nSPS) is 19.4. The fourth-order valence-electron chi connectivity index (χ4n) is 6.11. The summed E-state index contributed by atoms with van der Waals surface area (Å²) in [7, 11) is 0. The van der Waals surface area contributed by atoms with Crippen LogP contribution in [0.5, 0.6) is 11.6 Å². The number of ether oxygens (including phenoxy) is 3. The number of morpholine rings is 1. The van der Waals surface area contributed by atoms with Crippen LogP contribution in [0.2, 0.25) is 5.02 Å². The fraction of sp³-hybridized carbons (Fsp3) is 0.452. The molecule has 246 valence electrons. The third-order valence-electron chi connectivity index (χ3n) is 8.52. The maximum Gasteiger partial charge on any atom is 0.258 e. The second-order valence-corrected chi connectivity index (χ2v) is 12.2. The highest BCUT2D eigenvalue weighted by Crippen LogP contribution is 2.35. The number of tetrazole rings is 1. The molecule has 1 aliphatic heterocycles. The van der Waals surface area contributed by atoms with Gasteiger partial charge in [0.1, 0.15) is 23.9 Å². The Hall–Kier alpha value is -4.60. The maximum absolute atomic E-state index is 6.45. The first-order valence-electron chi connectivity index (χ1n) is 15.8. The zero-order valence-electron chi connectivity index (χ0n) is 26.1. The van der Waals surface area contributed by atoms with Crippen molar-refractivity contribution in [2.45, 2.75) is 64.1 Å². The Morgan fingerprint density at radius 1 is 1.04 bits per heavy atom. The minimum absolute atomic E-state index is 0.209. The molecular formula is C31H37ClN12O3. The summed E-state index contributed by atoms with van der Waals surface area (Å²) in [6, 6.07) is 8.34. The largest absolute Gasteiger partial charge is 0.487 e. The van der Waals surface area contributed by atoms with Crippen molar-refractivity contribution in [3.05, 3.63) is 66.6 Å². The van der Waals surface area contributed by atoms with Crippen molar-refractivity contribution in [2.75, 3.05) is 31.6 Å². The summed E-state index contributed by atoms with van der Waals surface area (Å²) in [5.74, 6) is 1.45. The molecule has 5 aromatic rings. The first-order chi connectivity index (χ1) is 23.1. The Kier molecular flexibility index (Phi) is 9.53. The lowest BCUT2D eigenvalue weighted by atomic mass is 9.90. The van der Waals surface area contributed by atoms with E-state index in [2.05, 4.69) is 40.8 Å². The number of anilines is 2. The first kappa shape index (κ1) is 31.0. The van der Waals surface area contributed by atoms with Gasteiger partial charge in [-0.1, -0.05) is 17.7 Å². The first-order valence-corrected chi connectivity index (χ1v) is 16.2. The van der Waals surface area contributed by atoms with Crippen LogP contribution in [0.4, 0.5) is 11.6 Å². The van der Waals surface area contributed by atoms with Gasteiger partial charge in [-0.05, 0) is 66.8 Å². The van der Waals surface area contributed by atoms with E-state index in [1.54, 1.807) is 40.3 Å². The zero-order chi connectivity index (χ0) is 32.0. The molecule has 15 nitrogen and oxygen atoms in total. The smallest absolute Gasteiger partial charge is 0.258 e. The van der Waals surface area contributed by atoms with Gasteiger partial charge in [-0.15, -0.1) is 10.2 Å². The van der Waals surface area contributed by atoms with Gasteiger partial charge in [0, 0.05) is 49.5 Å². The third kappa shape index (κ3) is 7.69. The Balaban J connectivity index is 1.03. The van der Waals surface area contributed by atoms with Gasteiger partial charge < -0.3 is 19.5 Å². The van der Waals surface area contributed by atoms with Crippen LogP contribution in [-0.2, 0) is 18.0 Å². The van der Waals surface area contributed by atoms with Crippen molar-refractivity contribution >= 4 is 23.2 Å². The second-order valence-electron chi connectivity index (χ2n) is 11.8. The molecule has 4 aromatic heterocycles. The van der Waals surface area contributed by atoms with Crippen molar-refractivity contribution in [2.24, 2.45) is 0 Å². The Morgan fingerprint density at radius 2 is 1.85 bits per heavy atom. The van der Waals surface area contributed by atoms with Gasteiger partial charge in [-0.3, -0.25) is 9.58 Å². The lowest BCUT2D eigenvalue weighted by Crippen LogP contribution is -2.45. The summed E-state index contributed by atoms with van der Waals surface area (Å²) in [5, 5.41) is 24.2. The van der Waals surface area contributed by atoms with Gasteiger partial charge in [-0.25, -0.2) is 19.3 Å². The average Bonchev–Trinajstić information content (AvgIpc) is 3.89. The standard InChI is InChI=1S/C31H37ClN12O3/c1-22(18-43-20-35-39-40-43)47-29-15-23(3-8-27(29)32)24-16-33-31(34-17-24)37-28-19-44(38-30(28)46-21-42-10-2-9-36-42)26-6-4-25(5-7-26)41-11-13-45-14-12-41/h2-3,8-10,15-17,19-20,22,25-26H,4-7,11-14,18,21H2,1H3,(H,33,34,37)/t22-,25-,26-/m0/s1. The summed E-state index contributed by atoms with van der Waals surface area (Å²) in [4.78, 5) is 11.8. The van der Waals surface area contributed by atoms with E-state index in [1.807, 2.05) is 42.2 Å². The molecular weight excluding hydrogens is 624 g/mol. The van der Waals surface area contributed by atoms with Gasteiger partial charge in [0.05, 0.1) is 37.0 Å². The van der Waals surface area contributed by atoms with Gasteiger partial charge in [0.2, 0.25) is 5.95 Å². The van der Waals surface area contributed by atoms with E-state index in [0.29, 0.717) is 40.9 Å². The third-order valence-corrected chi connectivity index (χ3v) is 8.83. The van der Waals surface area contributed by atoms with E-state index >= 15 is 0 Å². The molecule has 1 saturated carbocycles. The van der Waals surface area contributed by atoms with Gasteiger partial charge in [0.25, 0.3) is 5.88 Å². The molecule has 0 radical (unpaired) electrons. The predicted molar refractivity (Wildman–Crippen MR) is 172 cm³/mol. The van der Waals surface area contributed by atoms with Crippen molar-refractivity contribution in [1.82, 2.24) is 54.6 Å². The molecule has 0 amide bonds. The Morgan fingerprint density at radius 3 is 2.60 bits per heavy atom. The van der Waals surface area contributed by atoms with Crippen LogP contribution in [-0.4, -0.2) is 93.1 Å². The summed E-state index contributed by atoms with van der Waals surface area (Å²) < 4.78 is 23.1. The zero-order valence-corrected chi connectivity index (χ0v) is 26.9. The van der Waals surface area contributed by atoms with Crippen LogP contribution in [0.25, 0.3) is 11.1 Å². The Labute approximate surface area is 276 Å². The second kappa shape index (κ2) is 14.4. The predicted octanol–water partition coefficient (Wildman–Crippen LogP) is 4.24. The summed E-state index contributed by atoms with van der Waals surface area (Å²) in [6.07, 6.45) is 14.8. The molecule has 7 rings (SSSR count). The molecule has 2 aliphatic rings. The van der Waals surface area contributed by atoms with Crippen molar-refractivity contribution in [3.63, 3.8) is 0 Å². The van der Waals surface area contributed by atoms with Crippen LogP contribution in [0, 0.1) is 0 Å². The molecule has 47 heavy (non-hydrogen) atoms. The lowest BCUT2D eigenvalue weighted by Gasteiger charge is -2.38. The van der Waals surface area contributed by atoms with E-state index in [1.165, 1.54) is 0 Å². The number of rotatable bonds is 12. The fourth-order valence-corrected chi connectivity index (χ4v) is 6.27. The monoisotopic (exact) mass is 660 g/mol. The van der Waals surface area contributed by atoms with Crippen LogP contribution in [0.15, 0.2) is 61.6 Å². The molecule has 1 saturated heterocycles. The van der Waals surface area contributed by atoms with Gasteiger partial charge >= 0.3 is 0 Å². The minimum atomic E-state index is -0.209. The summed E-state index contributed by atoms with van der Waals surface area (Å²) in [5.41, 5.74) is 2.38. The molecule has 1 N–H and O–H groups in total. The molecule has 16 heteroatoms. The molecule has 1 aromatic carbocycles. The van der Waals surface area contributed by atoms with E-state index in [0.717, 1.165) is 63.1 Å². The number of halogens is 1. The number of nitrogens with one attached hydrogen (secondary N) is 1. The van der Waals surface area contributed by atoms with E-state index in [9.17, 15) is 0 Å². The van der Waals surface area contributed by atoms with Crippen LogP contribution in [0.3, 0.4) is 0 Å². The van der Waals surface area contributed by atoms with Gasteiger partial charge in [0.15, 0.2) is 6.73 Å². The molecule has 0 bridgehead atoms. The van der Waals surface area contributed by atoms with Crippen molar-refractivity contribution in [1.29, 1.82) is 0 Å². The number of hydrogen-bond acceptors (Lipinski definition) is 12. The van der Waals surface area contributed by atoms with Gasteiger partial charge in [-0.2, -0.15) is 5.10 Å². The molecule has 5 heterocycles. The molecule has 1 atom stereocenters. The summed E-state index contributed by atoms with van der Waals surface area (Å²) in [6.45, 7) is 6.34. The van der Waals surface area contributed by atoms with Crippen molar-refractivity contribution < 1.29 is 14.2 Å². The van der Waals surface area contributed by atoms with Crippen LogP contribution < -0.4 is 14.8 Å². The SMILES string of the molecule is C[C@@H](Cn1cnnn1)Oc1cc(-c2cnc(Nc3cn([C@H]4CC[C@H](N5CCOCC5)CC4)nc3OCn3cccn3)nc2)ccc1Cl. The molecule has 2 fully saturated rings. The lowest BCUT2D eigenvalue weighted by molar-refractivity contribution is 0.00501. The maximum atomic E-state index is 6.45. The van der Waals surface area contributed by atoms with E-state index < -0.39 is 0 Å². The Bertz CT molecular complexity index is 1700. The van der Waals surface area contributed by atoms with Crippen molar-refractivity contribution in [3.8, 4) is 22.8 Å². The molecule has 1 aliphatic carbocycles. The van der Waals surface area contributed by atoms with Crippen LogP contribution >= 0.6 is 11.6 Å². The number of nitrogens with zero attached hydrogens (tertiary/aromatic N) is 11. The highest BCUT2D eigenvalue weighted by molar-refractivity contribution is 6.32. The summed E-state index contributed by atoms with van der Waals surface area (Å²) >= 11 is 6.45. The molecule has 0 spiro atoms. The number of aromatic nitrogens is 10. The average molecular weight is 661 g/mol. The topological polar surface area (TPSA) is 148 Å². The van der Waals surface area contributed by atoms with E-state index in [4.69, 9.17) is 30.9 Å². The number of benzene rings is 1. The highest BCUT2D eigenvalue weighted by Gasteiger charge is 2.29.